The van der Waals surface area contributed by atoms with Crippen molar-refractivity contribution < 1.29 is 13.6 Å². The fraction of sp³-hybridized carbons (Fsp3) is 0.172. The number of benzene rings is 3. The van der Waals surface area contributed by atoms with Crippen LogP contribution in [-0.2, 0) is 4.79 Å². The number of aryl methyl sites for hydroxylation is 1. The molecule has 3 aromatic carbocycles. The number of nitrogens with one attached hydrogen (secondary N) is 2. The lowest BCUT2D eigenvalue weighted by molar-refractivity contribution is -0.116. The molecule has 2 unspecified atom stereocenters. The Kier molecular flexibility index (Phi) is 5.02. The Hall–Kier alpha value is -4.19. The third kappa shape index (κ3) is 3.71. The van der Waals surface area contributed by atoms with E-state index in [2.05, 4.69) is 10.6 Å². The highest BCUT2D eigenvalue weighted by Gasteiger charge is 2.37. The number of fused-ring (bicyclic) bond motifs is 2. The van der Waals surface area contributed by atoms with Gasteiger partial charge in [0.05, 0.1) is 28.4 Å². The van der Waals surface area contributed by atoms with Gasteiger partial charge in [0.2, 0.25) is 0 Å². The molecule has 1 aliphatic heterocycles. The van der Waals surface area contributed by atoms with E-state index in [1.54, 1.807) is 18.2 Å². The third-order valence-corrected chi connectivity index (χ3v) is 6.92. The van der Waals surface area contributed by atoms with E-state index >= 15 is 0 Å². The van der Waals surface area contributed by atoms with Crippen molar-refractivity contribution in [3.8, 4) is 0 Å². The van der Waals surface area contributed by atoms with E-state index in [1.807, 2.05) is 43.3 Å². The van der Waals surface area contributed by atoms with E-state index in [0.29, 0.717) is 28.5 Å². The van der Waals surface area contributed by atoms with Crippen LogP contribution in [0.4, 0.5) is 15.8 Å². The zero-order chi connectivity index (χ0) is 24.1. The molecule has 6 rings (SSSR count). The van der Waals surface area contributed by atoms with Gasteiger partial charge in [0.15, 0.2) is 11.2 Å². The molecule has 174 valence electrons. The maximum Gasteiger partial charge on any atom is 0.198 e. The van der Waals surface area contributed by atoms with Crippen molar-refractivity contribution in [3.63, 3.8) is 0 Å². The summed E-state index contributed by atoms with van der Waals surface area (Å²) >= 11 is 0. The molecule has 0 bridgehead atoms. The molecule has 0 amide bonds. The molecule has 2 aliphatic rings. The average molecular weight is 467 g/mol. The van der Waals surface area contributed by atoms with Gasteiger partial charge >= 0.3 is 0 Å². The Labute approximate surface area is 201 Å². The molecule has 1 aromatic heterocycles. The minimum Gasteiger partial charge on any atom is -0.464 e. The first-order valence-corrected chi connectivity index (χ1v) is 11.6. The first kappa shape index (κ1) is 21.4. The smallest absolute Gasteiger partial charge is 0.198 e. The van der Waals surface area contributed by atoms with Gasteiger partial charge in [-0.1, -0.05) is 35.9 Å². The number of ketones is 1. The van der Waals surface area contributed by atoms with Gasteiger partial charge in [0, 0.05) is 17.7 Å². The van der Waals surface area contributed by atoms with Crippen molar-refractivity contribution >= 4 is 28.1 Å². The second-order valence-electron chi connectivity index (χ2n) is 9.24. The van der Waals surface area contributed by atoms with E-state index in [4.69, 9.17) is 4.42 Å². The van der Waals surface area contributed by atoms with Crippen LogP contribution in [0.1, 0.15) is 41.5 Å². The highest BCUT2D eigenvalue weighted by atomic mass is 19.1. The summed E-state index contributed by atoms with van der Waals surface area (Å²) in [5, 5.41) is 7.38. The average Bonchev–Trinajstić information content (AvgIpc) is 3.02. The fourth-order valence-corrected chi connectivity index (χ4v) is 5.16. The van der Waals surface area contributed by atoms with Gasteiger partial charge in [-0.15, -0.1) is 0 Å². The summed E-state index contributed by atoms with van der Waals surface area (Å²) in [6.45, 7) is 1.93. The SMILES string of the molecule is Cc1ccc2occ(C3Nc4ccccc4NC4=C3C(=O)CC(c3ccc(F)cc3)C4)c(=O)c2c1. The first-order chi connectivity index (χ1) is 17.0. The third-order valence-electron chi connectivity index (χ3n) is 6.92. The van der Waals surface area contributed by atoms with Crippen molar-refractivity contribution in [2.24, 2.45) is 0 Å². The number of Topliss-reactive ketones (excluding diaryl/α,β-unsaturated/α-hetero) is 1. The van der Waals surface area contributed by atoms with Crippen LogP contribution in [0.2, 0.25) is 0 Å². The highest BCUT2D eigenvalue weighted by Crippen LogP contribution is 2.43. The standard InChI is InChI=1S/C29H23FN2O3/c1-16-6-11-26-20(12-16)29(34)21(15-35-26)28-27-24(31-22-4-2-3-5-23(22)32-28)13-18(14-25(27)33)17-7-9-19(30)10-8-17/h2-12,15,18,28,31-32H,13-14H2,1H3. The summed E-state index contributed by atoms with van der Waals surface area (Å²) in [5.41, 5.74) is 5.54. The Morgan fingerprint density at radius 2 is 1.71 bits per heavy atom. The molecule has 35 heavy (non-hydrogen) atoms. The van der Waals surface area contributed by atoms with Crippen LogP contribution in [0.5, 0.6) is 0 Å². The van der Waals surface area contributed by atoms with Gasteiger partial charge in [0.1, 0.15) is 17.7 Å². The molecule has 2 heterocycles. The van der Waals surface area contributed by atoms with E-state index in [-0.39, 0.29) is 29.4 Å². The molecule has 0 fully saturated rings. The molecule has 0 saturated heterocycles. The lowest BCUT2D eigenvalue weighted by Crippen LogP contribution is -2.29. The van der Waals surface area contributed by atoms with E-state index in [0.717, 1.165) is 28.2 Å². The Balaban J connectivity index is 1.51. The number of para-hydroxylation sites is 2. The van der Waals surface area contributed by atoms with Gasteiger partial charge in [-0.3, -0.25) is 9.59 Å². The summed E-state index contributed by atoms with van der Waals surface area (Å²) in [4.78, 5) is 27.3. The molecule has 5 nitrogen and oxygen atoms in total. The van der Waals surface area contributed by atoms with Crippen molar-refractivity contribution in [3.05, 3.63) is 117 Å². The zero-order valence-electron chi connectivity index (χ0n) is 19.1. The topological polar surface area (TPSA) is 71.3 Å². The van der Waals surface area contributed by atoms with Crippen molar-refractivity contribution in [1.29, 1.82) is 0 Å². The molecule has 2 atom stereocenters. The lowest BCUT2D eigenvalue weighted by atomic mass is 9.78. The number of rotatable bonds is 2. The van der Waals surface area contributed by atoms with Gasteiger partial charge in [0.25, 0.3) is 0 Å². The molecular formula is C29H23FN2O3. The number of allylic oxidation sites excluding steroid dienone is 1. The van der Waals surface area contributed by atoms with Crippen LogP contribution in [0, 0.1) is 12.7 Å². The summed E-state index contributed by atoms with van der Waals surface area (Å²) < 4.78 is 19.3. The second-order valence-corrected chi connectivity index (χ2v) is 9.24. The van der Waals surface area contributed by atoms with Crippen LogP contribution >= 0.6 is 0 Å². The van der Waals surface area contributed by atoms with Gasteiger partial charge in [-0.25, -0.2) is 4.39 Å². The van der Waals surface area contributed by atoms with Gasteiger partial charge in [-0.2, -0.15) is 0 Å². The van der Waals surface area contributed by atoms with Crippen molar-refractivity contribution in [1.82, 2.24) is 0 Å². The van der Waals surface area contributed by atoms with Crippen LogP contribution in [0.25, 0.3) is 11.0 Å². The number of halogens is 1. The normalized spacial score (nSPS) is 19.4. The van der Waals surface area contributed by atoms with Crippen LogP contribution in [-0.4, -0.2) is 5.78 Å². The number of carbonyl (C=O) groups is 1. The van der Waals surface area contributed by atoms with Crippen LogP contribution in [0.3, 0.4) is 0 Å². The predicted molar refractivity (Wildman–Crippen MR) is 134 cm³/mol. The fourth-order valence-electron chi connectivity index (χ4n) is 5.16. The minimum atomic E-state index is -0.663. The predicted octanol–water partition coefficient (Wildman–Crippen LogP) is 6.22. The monoisotopic (exact) mass is 466 g/mol. The van der Waals surface area contributed by atoms with Gasteiger partial charge in [-0.05, 0) is 61.2 Å². The summed E-state index contributed by atoms with van der Waals surface area (Å²) in [5.74, 6) is -0.446. The van der Waals surface area contributed by atoms with Crippen LogP contribution in [0.15, 0.2) is 93.5 Å². The van der Waals surface area contributed by atoms with Crippen LogP contribution < -0.4 is 16.1 Å². The van der Waals surface area contributed by atoms with E-state index in [9.17, 15) is 14.0 Å². The Morgan fingerprint density at radius 1 is 0.943 bits per heavy atom. The van der Waals surface area contributed by atoms with Crippen molar-refractivity contribution in [2.75, 3.05) is 10.6 Å². The number of hydrogen-bond acceptors (Lipinski definition) is 5. The number of anilines is 2. The van der Waals surface area contributed by atoms with Gasteiger partial charge < -0.3 is 15.1 Å². The summed E-state index contributed by atoms with van der Waals surface area (Å²) in [6, 6.07) is 18.8. The maximum absolute atomic E-state index is 13.7. The largest absolute Gasteiger partial charge is 0.464 e. The molecule has 4 aromatic rings. The maximum atomic E-state index is 13.7. The Bertz CT molecular complexity index is 1570. The summed E-state index contributed by atoms with van der Waals surface area (Å²) in [6.07, 6.45) is 2.31. The molecule has 2 N–H and O–H groups in total. The second kappa shape index (κ2) is 8.24. The molecule has 6 heteroatoms. The zero-order valence-corrected chi connectivity index (χ0v) is 19.1. The molecule has 0 radical (unpaired) electrons. The van der Waals surface area contributed by atoms with E-state index < -0.39 is 6.04 Å². The number of hydrogen-bond donors (Lipinski definition) is 2. The summed E-state index contributed by atoms with van der Waals surface area (Å²) in [7, 11) is 0. The quantitative estimate of drug-likeness (QED) is 0.367. The first-order valence-electron chi connectivity index (χ1n) is 11.6. The lowest BCUT2D eigenvalue weighted by Gasteiger charge is -2.29. The minimum absolute atomic E-state index is 0.0536. The molecule has 1 aliphatic carbocycles. The molecule has 0 spiro atoms. The Morgan fingerprint density at radius 3 is 2.51 bits per heavy atom. The van der Waals surface area contributed by atoms with E-state index in [1.165, 1.54) is 18.4 Å². The highest BCUT2D eigenvalue weighted by molar-refractivity contribution is 6.01. The molecule has 0 saturated carbocycles. The van der Waals surface area contributed by atoms with Crippen molar-refractivity contribution in [2.45, 2.75) is 31.7 Å². The molecular weight excluding hydrogens is 443 g/mol. The number of carbonyl (C=O) groups excluding carboxylic acids is 1.